The Kier molecular flexibility index (Phi) is 10.5. The summed E-state index contributed by atoms with van der Waals surface area (Å²) >= 11 is 40.9. The minimum absolute atomic E-state index is 0.151. The third kappa shape index (κ3) is 5.84. The molecule has 0 amide bonds. The standard InChI is InChI=1S/C21H23Cl5S2/c1-2-3-4-5-6-7-8-9-12-10-11-13(27)21(28)14(12)15-16(22)18(24)20(26)19(25)17(15)23/h10-11,27-28H,2-9H2,1H3. The highest BCUT2D eigenvalue weighted by atomic mass is 35.5. The van der Waals surface area contributed by atoms with Crippen LogP contribution in [0.15, 0.2) is 21.9 Å². The lowest BCUT2D eigenvalue weighted by molar-refractivity contribution is 0.589. The molecular weight excluding hydrogens is 494 g/mol. The Labute approximate surface area is 204 Å². The molecule has 28 heavy (non-hydrogen) atoms. The molecule has 0 atom stereocenters. The fraction of sp³-hybridized carbons (Fsp3) is 0.429. The Hall–Kier alpha value is 0.590. The number of hydrogen-bond donors (Lipinski definition) is 2. The predicted molar refractivity (Wildman–Crippen MR) is 133 cm³/mol. The smallest absolute Gasteiger partial charge is 0.0809 e. The number of hydrogen-bond acceptors (Lipinski definition) is 2. The molecule has 154 valence electrons. The third-order valence-electron chi connectivity index (χ3n) is 4.75. The van der Waals surface area contributed by atoms with Gasteiger partial charge in [-0.1, -0.05) is 110 Å². The molecule has 0 bridgehead atoms. The third-order valence-corrected chi connectivity index (χ3v) is 8.04. The maximum absolute atomic E-state index is 6.52. The number of benzene rings is 2. The van der Waals surface area contributed by atoms with Gasteiger partial charge in [0, 0.05) is 20.9 Å². The van der Waals surface area contributed by atoms with E-state index in [1.54, 1.807) is 0 Å². The Bertz CT molecular complexity index is 807. The molecule has 0 nitrogen and oxygen atoms in total. The van der Waals surface area contributed by atoms with Crippen molar-refractivity contribution in [3.63, 3.8) is 0 Å². The first-order chi connectivity index (χ1) is 13.3. The molecule has 0 aliphatic heterocycles. The lowest BCUT2D eigenvalue weighted by Crippen LogP contribution is -1.96. The largest absolute Gasteiger partial charge is 0.142 e. The highest BCUT2D eigenvalue weighted by Gasteiger charge is 2.24. The van der Waals surface area contributed by atoms with E-state index in [0.717, 1.165) is 28.9 Å². The highest BCUT2D eigenvalue weighted by molar-refractivity contribution is 7.83. The summed E-state index contributed by atoms with van der Waals surface area (Å²) in [4.78, 5) is 1.43. The first kappa shape index (κ1) is 24.9. The van der Waals surface area contributed by atoms with Gasteiger partial charge in [-0.05, 0) is 24.5 Å². The van der Waals surface area contributed by atoms with Crippen LogP contribution in [0.2, 0.25) is 25.1 Å². The number of unbranched alkanes of at least 4 members (excludes halogenated alkanes) is 6. The van der Waals surface area contributed by atoms with Gasteiger partial charge in [-0.25, -0.2) is 0 Å². The van der Waals surface area contributed by atoms with Gasteiger partial charge in [-0.2, -0.15) is 0 Å². The van der Waals surface area contributed by atoms with Crippen LogP contribution in [0.4, 0.5) is 0 Å². The summed E-state index contributed by atoms with van der Waals surface area (Å²) in [5.41, 5.74) is 2.47. The summed E-state index contributed by atoms with van der Waals surface area (Å²) in [6.45, 7) is 2.23. The second kappa shape index (κ2) is 11.8. The number of rotatable bonds is 9. The van der Waals surface area contributed by atoms with Crippen molar-refractivity contribution in [2.45, 2.75) is 68.1 Å². The molecule has 0 unspecified atom stereocenters. The molecule has 0 N–H and O–H groups in total. The summed E-state index contributed by atoms with van der Waals surface area (Å²) in [5, 5.41) is 1.07. The molecule has 0 saturated heterocycles. The van der Waals surface area contributed by atoms with Crippen LogP contribution in [0.3, 0.4) is 0 Å². The van der Waals surface area contributed by atoms with Crippen LogP contribution in [-0.4, -0.2) is 0 Å². The second-order valence-electron chi connectivity index (χ2n) is 6.78. The van der Waals surface area contributed by atoms with Crippen molar-refractivity contribution in [3.8, 4) is 11.1 Å². The average Bonchev–Trinajstić information content (AvgIpc) is 2.68. The normalized spacial score (nSPS) is 11.3. The molecule has 0 aliphatic carbocycles. The zero-order valence-corrected chi connectivity index (χ0v) is 21.2. The van der Waals surface area contributed by atoms with E-state index in [-0.39, 0.29) is 25.1 Å². The van der Waals surface area contributed by atoms with E-state index in [1.807, 2.05) is 12.1 Å². The molecule has 0 saturated carbocycles. The van der Waals surface area contributed by atoms with Gasteiger partial charge in [0.15, 0.2) is 0 Å². The van der Waals surface area contributed by atoms with Crippen LogP contribution in [0.5, 0.6) is 0 Å². The monoisotopic (exact) mass is 514 g/mol. The topological polar surface area (TPSA) is 0 Å². The van der Waals surface area contributed by atoms with Crippen molar-refractivity contribution in [1.29, 1.82) is 0 Å². The van der Waals surface area contributed by atoms with Crippen molar-refractivity contribution in [2.75, 3.05) is 0 Å². The van der Waals surface area contributed by atoms with E-state index in [9.17, 15) is 0 Å². The summed E-state index contributed by atoms with van der Waals surface area (Å²) in [5.74, 6) is 0. The van der Waals surface area contributed by atoms with E-state index >= 15 is 0 Å². The van der Waals surface area contributed by atoms with Gasteiger partial charge in [0.05, 0.1) is 25.1 Å². The van der Waals surface area contributed by atoms with Crippen molar-refractivity contribution in [2.24, 2.45) is 0 Å². The van der Waals surface area contributed by atoms with Crippen molar-refractivity contribution >= 4 is 83.3 Å². The van der Waals surface area contributed by atoms with Crippen LogP contribution in [0.25, 0.3) is 11.1 Å². The van der Waals surface area contributed by atoms with Crippen molar-refractivity contribution in [3.05, 3.63) is 42.8 Å². The van der Waals surface area contributed by atoms with Gasteiger partial charge in [0.1, 0.15) is 0 Å². The Morgan fingerprint density at radius 3 is 1.71 bits per heavy atom. The van der Waals surface area contributed by atoms with E-state index < -0.39 is 0 Å². The van der Waals surface area contributed by atoms with E-state index in [4.69, 9.17) is 58.0 Å². The van der Waals surface area contributed by atoms with Crippen LogP contribution < -0.4 is 0 Å². The summed E-state index contributed by atoms with van der Waals surface area (Å²) < 4.78 is 0. The van der Waals surface area contributed by atoms with E-state index in [1.165, 1.54) is 38.5 Å². The number of aryl methyl sites for hydroxylation is 1. The van der Waals surface area contributed by atoms with Gasteiger partial charge in [-0.15, -0.1) is 25.3 Å². The molecule has 7 heteroatoms. The SMILES string of the molecule is CCCCCCCCCc1ccc(S)c(S)c1-c1c(Cl)c(Cl)c(Cl)c(Cl)c1Cl. The van der Waals surface area contributed by atoms with Gasteiger partial charge < -0.3 is 0 Å². The first-order valence-electron chi connectivity index (χ1n) is 9.36. The van der Waals surface area contributed by atoms with Gasteiger partial charge in [-0.3, -0.25) is 0 Å². The van der Waals surface area contributed by atoms with Crippen LogP contribution >= 0.6 is 83.3 Å². The molecule has 2 rings (SSSR count). The Balaban J connectivity index is 2.34. The minimum atomic E-state index is 0.151. The van der Waals surface area contributed by atoms with Gasteiger partial charge >= 0.3 is 0 Å². The molecule has 0 heterocycles. The summed E-state index contributed by atoms with van der Waals surface area (Å²) in [6, 6.07) is 3.98. The van der Waals surface area contributed by atoms with E-state index in [0.29, 0.717) is 10.5 Å². The van der Waals surface area contributed by atoms with Gasteiger partial charge in [0.2, 0.25) is 0 Å². The quantitative estimate of drug-likeness (QED) is 0.141. The zero-order chi connectivity index (χ0) is 20.8. The van der Waals surface area contributed by atoms with E-state index in [2.05, 4.69) is 32.2 Å². The molecule has 2 aromatic rings. The maximum atomic E-state index is 6.52. The summed E-state index contributed by atoms with van der Waals surface area (Å²) in [6.07, 6.45) is 9.55. The molecule has 0 radical (unpaired) electrons. The number of thiol groups is 2. The summed E-state index contributed by atoms with van der Waals surface area (Å²) in [7, 11) is 0. The fourth-order valence-corrected chi connectivity index (χ4v) is 5.05. The van der Waals surface area contributed by atoms with Crippen LogP contribution in [-0.2, 0) is 6.42 Å². The predicted octanol–water partition coefficient (Wildman–Crippen LogP) is 10.5. The Morgan fingerprint density at radius 2 is 1.14 bits per heavy atom. The lowest BCUT2D eigenvalue weighted by atomic mass is 9.95. The highest BCUT2D eigenvalue weighted by Crippen LogP contribution is 2.51. The zero-order valence-electron chi connectivity index (χ0n) is 15.6. The van der Waals surface area contributed by atoms with Gasteiger partial charge in [0.25, 0.3) is 0 Å². The lowest BCUT2D eigenvalue weighted by Gasteiger charge is -2.19. The first-order valence-corrected chi connectivity index (χ1v) is 12.1. The van der Waals surface area contributed by atoms with Crippen LogP contribution in [0, 0.1) is 0 Å². The molecule has 0 spiro atoms. The minimum Gasteiger partial charge on any atom is -0.142 e. The van der Waals surface area contributed by atoms with Crippen molar-refractivity contribution in [1.82, 2.24) is 0 Å². The molecule has 0 fully saturated rings. The molecule has 2 aromatic carbocycles. The van der Waals surface area contributed by atoms with Crippen molar-refractivity contribution < 1.29 is 0 Å². The Morgan fingerprint density at radius 1 is 0.643 bits per heavy atom. The molecular formula is C21H23Cl5S2. The maximum Gasteiger partial charge on any atom is 0.0809 e. The average molecular weight is 517 g/mol. The second-order valence-corrected chi connectivity index (χ2v) is 9.60. The molecule has 0 aliphatic rings. The molecule has 0 aromatic heterocycles. The fourth-order valence-electron chi connectivity index (χ4n) is 3.21. The van der Waals surface area contributed by atoms with Crippen LogP contribution in [0.1, 0.15) is 57.4 Å². The number of halogens is 5.